The normalized spacial score (nSPS) is 11.3. The van der Waals surface area contributed by atoms with E-state index in [0.717, 1.165) is 0 Å². The van der Waals surface area contributed by atoms with Crippen molar-refractivity contribution in [2.75, 3.05) is 18.9 Å². The van der Waals surface area contributed by atoms with E-state index in [2.05, 4.69) is 4.98 Å². The summed E-state index contributed by atoms with van der Waals surface area (Å²) in [5, 5.41) is 8.75. The second kappa shape index (κ2) is 5.68. The number of aromatic carboxylic acids is 1. The number of rotatable bonds is 5. The molecule has 1 rings (SSSR count). The largest absolute Gasteiger partial charge is 0.478 e. The maximum atomic E-state index is 10.7. The van der Waals surface area contributed by atoms with Crippen molar-refractivity contribution in [2.45, 2.75) is 26.4 Å². The lowest BCUT2D eigenvalue weighted by atomic mass is 10.2. The lowest BCUT2D eigenvalue weighted by Crippen LogP contribution is -2.22. The Hall–Kier alpha value is -1.82. The van der Waals surface area contributed by atoms with Crippen LogP contribution >= 0.6 is 0 Å². The summed E-state index contributed by atoms with van der Waals surface area (Å²) in [5.41, 5.74) is 5.64. The van der Waals surface area contributed by atoms with Crippen LogP contribution in [0.3, 0.4) is 0 Å². The van der Waals surface area contributed by atoms with Crippen LogP contribution in [-0.4, -0.2) is 34.9 Å². The van der Waals surface area contributed by atoms with Crippen LogP contribution in [0, 0.1) is 0 Å². The average molecular weight is 254 g/mol. The summed E-state index contributed by atoms with van der Waals surface area (Å²) in [5.74, 6) is -0.852. The van der Waals surface area contributed by atoms with Crippen molar-refractivity contribution in [1.29, 1.82) is 0 Å². The fourth-order valence-electron chi connectivity index (χ4n) is 1.19. The van der Waals surface area contributed by atoms with E-state index in [1.165, 1.54) is 12.3 Å². The number of carboxylic acids is 1. The van der Waals surface area contributed by atoms with E-state index in [1.54, 1.807) is 0 Å². The van der Waals surface area contributed by atoms with E-state index in [-0.39, 0.29) is 22.7 Å². The molecular formula is C12H18N2O4. The van der Waals surface area contributed by atoms with E-state index < -0.39 is 5.97 Å². The van der Waals surface area contributed by atoms with Crippen molar-refractivity contribution in [2.24, 2.45) is 0 Å². The molecular weight excluding hydrogens is 236 g/mol. The second-order valence-corrected chi connectivity index (χ2v) is 4.73. The highest BCUT2D eigenvalue weighted by molar-refractivity contribution is 5.88. The third kappa shape index (κ3) is 4.58. The second-order valence-electron chi connectivity index (χ2n) is 4.73. The third-order valence-electron chi connectivity index (χ3n) is 1.98. The molecule has 1 aromatic heterocycles. The smallest absolute Gasteiger partial charge is 0.337 e. The molecule has 100 valence electrons. The van der Waals surface area contributed by atoms with Gasteiger partial charge in [0.15, 0.2) is 0 Å². The van der Waals surface area contributed by atoms with E-state index in [9.17, 15) is 4.79 Å². The first-order chi connectivity index (χ1) is 8.29. The van der Waals surface area contributed by atoms with E-state index in [0.29, 0.717) is 13.2 Å². The van der Waals surface area contributed by atoms with Crippen LogP contribution in [0.5, 0.6) is 5.88 Å². The number of nitrogens with zero attached hydrogens (tertiary/aromatic N) is 1. The van der Waals surface area contributed by atoms with E-state index in [4.69, 9.17) is 20.3 Å². The maximum Gasteiger partial charge on any atom is 0.337 e. The quantitative estimate of drug-likeness (QED) is 0.774. The van der Waals surface area contributed by atoms with Crippen LogP contribution in [0.1, 0.15) is 31.1 Å². The van der Waals surface area contributed by atoms with Crippen molar-refractivity contribution >= 4 is 11.7 Å². The zero-order valence-corrected chi connectivity index (χ0v) is 10.8. The minimum absolute atomic E-state index is 0.0331. The predicted octanol–water partition coefficient (Wildman–Crippen LogP) is 1.56. The van der Waals surface area contributed by atoms with Crippen molar-refractivity contribution < 1.29 is 19.4 Å². The number of aromatic nitrogens is 1. The van der Waals surface area contributed by atoms with Crippen molar-refractivity contribution in [3.05, 3.63) is 17.8 Å². The zero-order chi connectivity index (χ0) is 13.8. The monoisotopic (exact) mass is 254 g/mol. The molecule has 0 aliphatic rings. The maximum absolute atomic E-state index is 10.7. The molecule has 0 fully saturated rings. The molecule has 0 bridgehead atoms. The summed E-state index contributed by atoms with van der Waals surface area (Å²) in [4.78, 5) is 14.5. The number of hydrogen-bond acceptors (Lipinski definition) is 5. The third-order valence-corrected chi connectivity index (χ3v) is 1.98. The molecule has 0 aliphatic heterocycles. The van der Waals surface area contributed by atoms with Gasteiger partial charge >= 0.3 is 5.97 Å². The molecule has 0 radical (unpaired) electrons. The molecule has 0 aliphatic carbocycles. The minimum atomic E-state index is -1.07. The number of hydrogen-bond donors (Lipinski definition) is 2. The predicted molar refractivity (Wildman–Crippen MR) is 66.8 cm³/mol. The van der Waals surface area contributed by atoms with Gasteiger partial charge in [0.05, 0.1) is 23.5 Å². The van der Waals surface area contributed by atoms with Crippen LogP contribution in [0.2, 0.25) is 0 Å². The summed E-state index contributed by atoms with van der Waals surface area (Å²) in [6, 6.07) is 1.31. The topological polar surface area (TPSA) is 94.7 Å². The van der Waals surface area contributed by atoms with Gasteiger partial charge in [0.25, 0.3) is 0 Å². The molecule has 18 heavy (non-hydrogen) atoms. The molecule has 0 aromatic carbocycles. The van der Waals surface area contributed by atoms with Gasteiger partial charge in [-0.15, -0.1) is 0 Å². The summed E-state index contributed by atoms with van der Waals surface area (Å²) in [6.45, 7) is 6.55. The zero-order valence-electron chi connectivity index (χ0n) is 10.8. The van der Waals surface area contributed by atoms with E-state index >= 15 is 0 Å². The van der Waals surface area contributed by atoms with Gasteiger partial charge in [-0.3, -0.25) is 0 Å². The lowest BCUT2D eigenvalue weighted by Gasteiger charge is -2.19. The summed E-state index contributed by atoms with van der Waals surface area (Å²) < 4.78 is 10.8. The molecule has 3 N–H and O–H groups in total. The number of pyridine rings is 1. The summed E-state index contributed by atoms with van der Waals surface area (Å²) in [7, 11) is 0. The molecule has 6 heteroatoms. The number of carbonyl (C=O) groups is 1. The fraction of sp³-hybridized carbons (Fsp3) is 0.500. The Balaban J connectivity index is 2.51. The Bertz CT molecular complexity index is 427. The number of carboxylic acid groups (broad SMARTS) is 1. The molecule has 6 nitrogen and oxygen atoms in total. The highest BCUT2D eigenvalue weighted by atomic mass is 16.5. The Kier molecular flexibility index (Phi) is 4.49. The summed E-state index contributed by atoms with van der Waals surface area (Å²) >= 11 is 0. The van der Waals surface area contributed by atoms with Crippen LogP contribution in [0.25, 0.3) is 0 Å². The van der Waals surface area contributed by atoms with Crippen LogP contribution in [-0.2, 0) is 4.74 Å². The van der Waals surface area contributed by atoms with Crippen LogP contribution in [0.15, 0.2) is 12.3 Å². The molecule has 1 aromatic rings. The van der Waals surface area contributed by atoms with Crippen molar-refractivity contribution in [1.82, 2.24) is 4.98 Å². The summed E-state index contributed by atoms with van der Waals surface area (Å²) in [6.07, 6.45) is 1.21. The SMILES string of the molecule is CC(C)(C)OCCOc1ncc(C(=O)O)cc1N. The van der Waals surface area contributed by atoms with Gasteiger partial charge in [-0.05, 0) is 26.8 Å². The van der Waals surface area contributed by atoms with Gasteiger partial charge in [0, 0.05) is 6.20 Å². The minimum Gasteiger partial charge on any atom is -0.478 e. The fourth-order valence-corrected chi connectivity index (χ4v) is 1.19. The highest BCUT2D eigenvalue weighted by Crippen LogP contribution is 2.19. The molecule has 0 spiro atoms. The van der Waals surface area contributed by atoms with Crippen LogP contribution < -0.4 is 10.5 Å². The average Bonchev–Trinajstić information content (AvgIpc) is 2.24. The Morgan fingerprint density at radius 3 is 2.61 bits per heavy atom. The van der Waals surface area contributed by atoms with Gasteiger partial charge in [-0.1, -0.05) is 0 Å². The molecule has 0 saturated heterocycles. The van der Waals surface area contributed by atoms with Gasteiger partial charge in [-0.2, -0.15) is 0 Å². The van der Waals surface area contributed by atoms with Gasteiger partial charge in [0.2, 0.25) is 5.88 Å². The molecule has 0 unspecified atom stereocenters. The van der Waals surface area contributed by atoms with Crippen molar-refractivity contribution in [3.63, 3.8) is 0 Å². The number of nitrogen functional groups attached to an aromatic ring is 1. The van der Waals surface area contributed by atoms with Gasteiger partial charge in [-0.25, -0.2) is 9.78 Å². The number of nitrogens with two attached hydrogens (primary N) is 1. The van der Waals surface area contributed by atoms with Crippen molar-refractivity contribution in [3.8, 4) is 5.88 Å². The molecule has 0 saturated carbocycles. The van der Waals surface area contributed by atoms with Crippen LogP contribution in [0.4, 0.5) is 5.69 Å². The first kappa shape index (κ1) is 14.2. The van der Waals surface area contributed by atoms with Gasteiger partial charge < -0.3 is 20.3 Å². The Morgan fingerprint density at radius 1 is 1.44 bits per heavy atom. The first-order valence-electron chi connectivity index (χ1n) is 5.55. The lowest BCUT2D eigenvalue weighted by molar-refractivity contribution is -0.0167. The Labute approximate surface area is 106 Å². The number of ether oxygens (including phenoxy) is 2. The van der Waals surface area contributed by atoms with E-state index in [1.807, 2.05) is 20.8 Å². The first-order valence-corrected chi connectivity index (χ1v) is 5.55. The highest BCUT2D eigenvalue weighted by Gasteiger charge is 2.11. The standard InChI is InChI=1S/C12H18N2O4/c1-12(2,3)18-5-4-17-10-9(13)6-8(7-14-10)11(15)16/h6-7H,4-5,13H2,1-3H3,(H,15,16). The molecule has 0 amide bonds. The number of anilines is 1. The Morgan fingerprint density at radius 2 is 2.11 bits per heavy atom. The molecule has 0 atom stereocenters. The molecule has 1 heterocycles. The van der Waals surface area contributed by atoms with Gasteiger partial charge in [0.1, 0.15) is 6.61 Å².